The molecule has 6 nitrogen and oxygen atoms in total. The van der Waals surface area contributed by atoms with Gasteiger partial charge in [-0.2, -0.15) is 0 Å². The molecule has 9 heteroatoms. The molecule has 0 saturated carbocycles. The van der Waals surface area contributed by atoms with E-state index in [0.29, 0.717) is 0 Å². The number of fused-ring (bicyclic) bond motifs is 19. The van der Waals surface area contributed by atoms with Crippen molar-refractivity contribution in [2.45, 2.75) is 0 Å². The van der Waals surface area contributed by atoms with Gasteiger partial charge in [-0.1, -0.05) is 261 Å². The lowest BCUT2D eigenvalue weighted by Crippen LogP contribution is -1.96. The van der Waals surface area contributed by atoms with Crippen LogP contribution in [0, 0.1) is 0 Å². The second-order valence-electron chi connectivity index (χ2n) is 27.2. The summed E-state index contributed by atoms with van der Waals surface area (Å²) in [7, 11) is 0. The van der Waals surface area contributed by atoms with Crippen LogP contribution in [0.25, 0.3) is 215 Å². The van der Waals surface area contributed by atoms with Crippen LogP contribution in [0.15, 0.2) is 352 Å². The largest absolute Gasteiger partial charge is 0.228 e. The van der Waals surface area contributed by atoms with Crippen molar-refractivity contribution in [1.82, 2.24) is 29.9 Å². The van der Waals surface area contributed by atoms with E-state index in [2.05, 4.69) is 322 Å². The zero-order valence-electron chi connectivity index (χ0n) is 57.4. The van der Waals surface area contributed by atoms with E-state index < -0.39 is 0 Å². The average molecular weight is 1420 g/mol. The third kappa shape index (κ3) is 11.1. The van der Waals surface area contributed by atoms with Gasteiger partial charge in [0.05, 0.1) is 33.6 Å². The Bertz CT molecular complexity index is 7520. The molecule has 0 unspecified atom stereocenters. The predicted octanol–water partition coefficient (Wildman–Crippen LogP) is 27.8. The molecule has 0 aliphatic carbocycles. The Kier molecular flexibility index (Phi) is 15.0. The molecule has 6 heterocycles. The van der Waals surface area contributed by atoms with E-state index in [4.69, 9.17) is 29.9 Å². The van der Waals surface area contributed by atoms with E-state index in [0.717, 1.165) is 106 Å². The average Bonchev–Trinajstić information content (AvgIpc) is 0.809. The Labute approximate surface area is 626 Å². The van der Waals surface area contributed by atoms with Crippen LogP contribution in [0.3, 0.4) is 0 Å². The van der Waals surface area contributed by atoms with Gasteiger partial charge in [-0.05, 0) is 139 Å². The molecule has 498 valence electrons. The van der Waals surface area contributed by atoms with E-state index in [1.807, 2.05) is 64.3 Å². The Morgan fingerprint density at radius 2 is 0.523 bits per heavy atom. The van der Waals surface area contributed by atoms with Gasteiger partial charge in [0.25, 0.3) is 0 Å². The zero-order valence-corrected chi connectivity index (χ0v) is 59.8. The predicted molar refractivity (Wildman–Crippen MR) is 457 cm³/mol. The van der Waals surface area contributed by atoms with E-state index in [1.165, 1.54) is 109 Å². The Morgan fingerprint density at radius 1 is 0.168 bits per heavy atom. The second kappa shape index (κ2) is 25.8. The number of hydrogen-bond acceptors (Lipinski definition) is 9. The van der Waals surface area contributed by atoms with Crippen LogP contribution in [-0.2, 0) is 0 Å². The van der Waals surface area contributed by atoms with E-state index >= 15 is 0 Å². The minimum absolute atomic E-state index is 0.749. The van der Waals surface area contributed by atoms with Crippen LogP contribution < -0.4 is 0 Å². The van der Waals surface area contributed by atoms with Crippen molar-refractivity contribution in [2.75, 3.05) is 0 Å². The van der Waals surface area contributed by atoms with Crippen LogP contribution >= 0.6 is 34.0 Å². The summed E-state index contributed by atoms with van der Waals surface area (Å²) in [6, 6.07) is 125. The fraction of sp³-hybridized carbons (Fsp3) is 0. The molecule has 17 aromatic carbocycles. The first-order chi connectivity index (χ1) is 53.0. The lowest BCUT2D eigenvalue weighted by Gasteiger charge is -2.12. The molecule has 0 spiro atoms. The van der Waals surface area contributed by atoms with Gasteiger partial charge in [0.2, 0.25) is 0 Å². The molecule has 0 fully saturated rings. The molecule has 23 aromatic rings. The molecule has 107 heavy (non-hydrogen) atoms. The van der Waals surface area contributed by atoms with Crippen LogP contribution in [0.4, 0.5) is 0 Å². The molecule has 0 radical (unpaired) electrons. The van der Waals surface area contributed by atoms with Gasteiger partial charge >= 0.3 is 0 Å². The van der Waals surface area contributed by atoms with E-state index in [-0.39, 0.29) is 0 Å². The summed E-state index contributed by atoms with van der Waals surface area (Å²) in [5, 5.41) is 23.1. The summed E-state index contributed by atoms with van der Waals surface area (Å²) < 4.78 is 7.94. The van der Waals surface area contributed by atoms with Gasteiger partial charge in [0.15, 0.2) is 17.5 Å². The number of benzene rings is 17. The maximum absolute atomic E-state index is 5.19. The van der Waals surface area contributed by atoms with Crippen molar-refractivity contribution in [3.05, 3.63) is 352 Å². The fourth-order valence-electron chi connectivity index (χ4n) is 15.5. The van der Waals surface area contributed by atoms with Gasteiger partial charge < -0.3 is 0 Å². The third-order valence-electron chi connectivity index (χ3n) is 20.7. The standard InChI is InChI=1S/2C34H20N2S.C30H18N2S/c1-2-9-22(10-3-1)33-32-26-11-5-4-8-21(26)16-17-29(32)35-34(36-33)24-15-14-23-20-31-28(19-25(23)18-24)27-12-6-7-13-30(27)37-31;1-2-9-22(10-3-1)32-28-17-16-21-8-4-5-11-26(21)33(28)36-34(35-32)24-15-14-23-20-31-29(19-25(23)18-24)27-12-6-7-13-30(27)37-31;1-2-8-19(9-3-1)29-24-11-4-6-12-26(24)31-30(32-29)21-15-14-20-18-28-25(17-22(20)16-21)23-10-5-7-13-27(23)33-28/h2*1-20H;1-18H. The van der Waals surface area contributed by atoms with Crippen molar-refractivity contribution in [3.63, 3.8) is 0 Å². The van der Waals surface area contributed by atoms with Crippen molar-refractivity contribution < 1.29 is 0 Å². The Morgan fingerprint density at radius 3 is 1.02 bits per heavy atom. The first-order valence-corrected chi connectivity index (χ1v) is 38.3. The molecular weight excluding hydrogens is 1360 g/mol. The highest BCUT2D eigenvalue weighted by molar-refractivity contribution is 7.26. The molecule has 0 bridgehead atoms. The van der Waals surface area contributed by atoms with Crippen molar-refractivity contribution >= 4 is 181 Å². The number of nitrogens with zero attached hydrogens (tertiary/aromatic N) is 6. The van der Waals surface area contributed by atoms with Gasteiger partial charge in [-0.25, -0.2) is 29.9 Å². The normalized spacial score (nSPS) is 11.7. The van der Waals surface area contributed by atoms with Crippen LogP contribution in [0.2, 0.25) is 0 Å². The smallest absolute Gasteiger partial charge is 0.160 e. The number of thiophene rings is 3. The molecule has 6 aromatic heterocycles. The number of aromatic nitrogens is 6. The highest BCUT2D eigenvalue weighted by atomic mass is 32.1. The summed E-state index contributed by atoms with van der Waals surface area (Å²) >= 11 is 5.56. The third-order valence-corrected chi connectivity index (χ3v) is 24.1. The van der Waals surface area contributed by atoms with Gasteiger partial charge in [0, 0.05) is 115 Å². The number of rotatable bonds is 6. The molecule has 0 N–H and O–H groups in total. The summed E-state index contributed by atoms with van der Waals surface area (Å²) in [4.78, 5) is 30.6. The van der Waals surface area contributed by atoms with Crippen molar-refractivity contribution in [3.8, 4) is 67.9 Å². The maximum Gasteiger partial charge on any atom is 0.160 e. The first-order valence-electron chi connectivity index (χ1n) is 35.9. The van der Waals surface area contributed by atoms with Crippen molar-refractivity contribution in [2.24, 2.45) is 0 Å². The summed E-state index contributed by atoms with van der Waals surface area (Å²) in [6.45, 7) is 0. The highest BCUT2D eigenvalue weighted by Gasteiger charge is 2.20. The Hall–Kier alpha value is -13.3. The highest BCUT2D eigenvalue weighted by Crippen LogP contribution is 2.43. The minimum Gasteiger partial charge on any atom is -0.228 e. The maximum atomic E-state index is 5.19. The number of hydrogen-bond donors (Lipinski definition) is 0. The molecule has 0 aliphatic heterocycles. The number of para-hydroxylation sites is 1. The molecule has 0 saturated heterocycles. The molecule has 0 atom stereocenters. The molecule has 0 aliphatic rings. The molecular formula is C98H58N6S3. The topological polar surface area (TPSA) is 77.3 Å². The van der Waals surface area contributed by atoms with Gasteiger partial charge in [0.1, 0.15) is 0 Å². The minimum atomic E-state index is 0.749. The second-order valence-corrected chi connectivity index (χ2v) is 30.4. The lowest BCUT2D eigenvalue weighted by atomic mass is 9.99. The fourth-order valence-corrected chi connectivity index (χ4v) is 18.9. The van der Waals surface area contributed by atoms with Crippen molar-refractivity contribution in [1.29, 1.82) is 0 Å². The monoisotopic (exact) mass is 1410 g/mol. The summed E-state index contributed by atoms with van der Waals surface area (Å²) in [6.07, 6.45) is 0. The van der Waals surface area contributed by atoms with Gasteiger partial charge in [-0.3, -0.25) is 0 Å². The SMILES string of the molecule is c1ccc(-c2nc(-c3ccc4cc5sc6ccccc6c5cc4c3)nc3c2ccc2ccccc23)cc1.c1ccc(-c2nc(-c3ccc4cc5sc6ccccc6c5cc4c3)nc3ccc4ccccc4c23)cc1.c1ccc(-c2nc(-c3ccc4cc5sc6ccccc6c5cc4c3)nc3ccccc23)cc1. The quantitative estimate of drug-likeness (QED) is 0.154. The van der Waals surface area contributed by atoms with Crippen LogP contribution in [-0.4, -0.2) is 29.9 Å². The van der Waals surface area contributed by atoms with E-state index in [9.17, 15) is 0 Å². The van der Waals surface area contributed by atoms with Crippen LogP contribution in [0.1, 0.15) is 0 Å². The summed E-state index contributed by atoms with van der Waals surface area (Å²) in [5.41, 5.74) is 12.2. The molecule has 0 amide bonds. The molecule has 23 rings (SSSR count). The zero-order chi connectivity index (χ0) is 70.5. The summed E-state index contributed by atoms with van der Waals surface area (Å²) in [5.74, 6) is 2.25. The van der Waals surface area contributed by atoms with Crippen LogP contribution in [0.5, 0.6) is 0 Å². The lowest BCUT2D eigenvalue weighted by molar-refractivity contribution is 1.23. The van der Waals surface area contributed by atoms with E-state index in [1.54, 1.807) is 0 Å². The van der Waals surface area contributed by atoms with Gasteiger partial charge in [-0.15, -0.1) is 34.0 Å². The Balaban J connectivity index is 0.000000103. The first kappa shape index (κ1) is 62.3.